The van der Waals surface area contributed by atoms with E-state index in [4.69, 9.17) is 27.9 Å². The van der Waals surface area contributed by atoms with Gasteiger partial charge in [0.15, 0.2) is 0 Å². The lowest BCUT2D eigenvalue weighted by Gasteiger charge is -2.09. The van der Waals surface area contributed by atoms with E-state index in [-0.39, 0.29) is 5.91 Å². The molecule has 0 bridgehead atoms. The van der Waals surface area contributed by atoms with Crippen LogP contribution in [0.5, 0.6) is 5.88 Å². The number of hydrogen-bond donors (Lipinski definition) is 1. The molecule has 1 N–H and O–H groups in total. The molecule has 0 fully saturated rings. The van der Waals surface area contributed by atoms with E-state index in [2.05, 4.69) is 15.5 Å². The lowest BCUT2D eigenvalue weighted by molar-refractivity contribution is 0.102. The summed E-state index contributed by atoms with van der Waals surface area (Å²) < 4.78 is 5.29. The van der Waals surface area contributed by atoms with Gasteiger partial charge in [0, 0.05) is 22.3 Å². The third kappa shape index (κ3) is 4.31. The van der Waals surface area contributed by atoms with Gasteiger partial charge in [-0.2, -0.15) is 0 Å². The van der Waals surface area contributed by atoms with Crippen molar-refractivity contribution in [2.45, 2.75) is 6.92 Å². The van der Waals surface area contributed by atoms with Crippen LogP contribution in [0, 0.1) is 0 Å². The second kappa shape index (κ2) is 8.17. The van der Waals surface area contributed by atoms with E-state index < -0.39 is 0 Å². The number of nitrogens with zero attached hydrogens (tertiary/aromatic N) is 2. The van der Waals surface area contributed by atoms with Crippen LogP contribution in [0.2, 0.25) is 10.0 Å². The molecule has 1 aromatic heterocycles. The third-order valence-electron chi connectivity index (χ3n) is 3.52. The Balaban J connectivity index is 1.79. The average Bonchev–Trinajstić information content (AvgIpc) is 2.63. The van der Waals surface area contributed by atoms with Crippen molar-refractivity contribution in [3.63, 3.8) is 0 Å². The molecule has 0 aliphatic carbocycles. The zero-order valence-corrected chi connectivity index (χ0v) is 15.4. The minimum absolute atomic E-state index is 0.295. The topological polar surface area (TPSA) is 64.1 Å². The number of nitrogens with one attached hydrogen (secondary N) is 1. The summed E-state index contributed by atoms with van der Waals surface area (Å²) in [6.45, 7) is 2.41. The van der Waals surface area contributed by atoms with E-state index in [0.29, 0.717) is 39.5 Å². The molecule has 0 unspecified atom stereocenters. The van der Waals surface area contributed by atoms with E-state index in [1.807, 2.05) is 31.2 Å². The summed E-state index contributed by atoms with van der Waals surface area (Å²) in [6, 6.07) is 15.6. The van der Waals surface area contributed by atoms with Gasteiger partial charge >= 0.3 is 0 Å². The van der Waals surface area contributed by atoms with Crippen LogP contribution in [0.15, 0.2) is 54.6 Å². The largest absolute Gasteiger partial charge is 0.477 e. The molecule has 0 aliphatic heterocycles. The minimum Gasteiger partial charge on any atom is -0.477 e. The van der Waals surface area contributed by atoms with E-state index in [0.717, 1.165) is 5.56 Å². The van der Waals surface area contributed by atoms with Gasteiger partial charge in [0.25, 0.3) is 5.91 Å². The van der Waals surface area contributed by atoms with Gasteiger partial charge in [0.05, 0.1) is 22.9 Å². The number of rotatable bonds is 5. The molecular weight excluding hydrogens is 373 g/mol. The number of amides is 1. The van der Waals surface area contributed by atoms with Crippen molar-refractivity contribution >= 4 is 34.8 Å². The summed E-state index contributed by atoms with van der Waals surface area (Å²) in [6.07, 6.45) is 0. The van der Waals surface area contributed by atoms with Crippen LogP contribution in [0.4, 0.5) is 5.69 Å². The SMILES string of the molecule is CCOc1ccc(-c2cccc(NC(=O)c3ccc(Cl)cc3Cl)c2)nn1. The first kappa shape index (κ1) is 18.2. The molecule has 0 saturated heterocycles. The predicted octanol–water partition coefficient (Wildman–Crippen LogP) is 5.10. The number of halogens is 2. The molecule has 0 radical (unpaired) electrons. The van der Waals surface area contributed by atoms with Crippen molar-refractivity contribution in [3.8, 4) is 17.1 Å². The number of carbonyl (C=O) groups is 1. The molecule has 26 heavy (non-hydrogen) atoms. The Morgan fingerprint density at radius 1 is 1.08 bits per heavy atom. The van der Waals surface area contributed by atoms with Crippen molar-refractivity contribution in [1.82, 2.24) is 10.2 Å². The van der Waals surface area contributed by atoms with E-state index in [9.17, 15) is 4.79 Å². The second-order valence-electron chi connectivity index (χ2n) is 5.35. The van der Waals surface area contributed by atoms with Crippen LogP contribution in [0.25, 0.3) is 11.3 Å². The van der Waals surface area contributed by atoms with Crippen LogP contribution in [0.1, 0.15) is 17.3 Å². The highest BCUT2D eigenvalue weighted by molar-refractivity contribution is 6.37. The minimum atomic E-state index is -0.318. The molecule has 5 nitrogen and oxygen atoms in total. The van der Waals surface area contributed by atoms with Gasteiger partial charge < -0.3 is 10.1 Å². The first-order valence-corrected chi connectivity index (χ1v) is 8.66. The van der Waals surface area contributed by atoms with Gasteiger partial charge in [0.2, 0.25) is 5.88 Å². The Morgan fingerprint density at radius 3 is 2.62 bits per heavy atom. The summed E-state index contributed by atoms with van der Waals surface area (Å²) in [5.74, 6) is 0.152. The van der Waals surface area contributed by atoms with Crippen LogP contribution >= 0.6 is 23.2 Å². The maximum absolute atomic E-state index is 12.4. The van der Waals surface area contributed by atoms with Crippen molar-refractivity contribution in [2.24, 2.45) is 0 Å². The van der Waals surface area contributed by atoms with Crippen LogP contribution < -0.4 is 10.1 Å². The molecule has 0 spiro atoms. The first-order chi connectivity index (χ1) is 12.6. The molecular formula is C19H15Cl2N3O2. The predicted molar refractivity (Wildman–Crippen MR) is 103 cm³/mol. The number of ether oxygens (including phenoxy) is 1. The summed E-state index contributed by atoms with van der Waals surface area (Å²) in [5, 5.41) is 11.8. The molecule has 3 aromatic rings. The Hall–Kier alpha value is -2.63. The molecule has 1 heterocycles. The van der Waals surface area contributed by atoms with Gasteiger partial charge in [-0.3, -0.25) is 4.79 Å². The van der Waals surface area contributed by atoms with Crippen LogP contribution in [0.3, 0.4) is 0 Å². The van der Waals surface area contributed by atoms with Crippen molar-refractivity contribution in [2.75, 3.05) is 11.9 Å². The van der Waals surface area contributed by atoms with Gasteiger partial charge in [-0.1, -0.05) is 35.3 Å². The smallest absolute Gasteiger partial charge is 0.257 e. The molecule has 3 rings (SSSR count). The molecule has 2 aromatic carbocycles. The monoisotopic (exact) mass is 387 g/mol. The van der Waals surface area contributed by atoms with Crippen molar-refractivity contribution in [1.29, 1.82) is 0 Å². The zero-order chi connectivity index (χ0) is 18.5. The quantitative estimate of drug-likeness (QED) is 0.661. The van der Waals surface area contributed by atoms with Crippen molar-refractivity contribution < 1.29 is 9.53 Å². The highest BCUT2D eigenvalue weighted by atomic mass is 35.5. The fraction of sp³-hybridized carbons (Fsp3) is 0.105. The fourth-order valence-corrected chi connectivity index (χ4v) is 2.82. The zero-order valence-electron chi connectivity index (χ0n) is 13.9. The fourth-order valence-electron chi connectivity index (χ4n) is 2.33. The molecule has 7 heteroatoms. The summed E-state index contributed by atoms with van der Waals surface area (Å²) in [5.41, 5.74) is 2.46. The maximum Gasteiger partial charge on any atom is 0.257 e. The van der Waals surface area contributed by atoms with Crippen molar-refractivity contribution in [3.05, 3.63) is 70.2 Å². The molecule has 0 aliphatic rings. The van der Waals surface area contributed by atoms with Gasteiger partial charge in [-0.15, -0.1) is 10.2 Å². The van der Waals surface area contributed by atoms with Crippen LogP contribution in [-0.4, -0.2) is 22.7 Å². The number of benzene rings is 2. The number of hydrogen-bond acceptors (Lipinski definition) is 4. The van der Waals surface area contributed by atoms with Crippen LogP contribution in [-0.2, 0) is 0 Å². The Kier molecular flexibility index (Phi) is 5.71. The molecule has 0 atom stereocenters. The highest BCUT2D eigenvalue weighted by Gasteiger charge is 2.12. The Morgan fingerprint density at radius 2 is 1.92 bits per heavy atom. The third-order valence-corrected chi connectivity index (χ3v) is 4.07. The normalized spacial score (nSPS) is 10.4. The first-order valence-electron chi connectivity index (χ1n) is 7.90. The van der Waals surface area contributed by atoms with Gasteiger partial charge in [-0.05, 0) is 43.3 Å². The van der Waals surface area contributed by atoms with E-state index in [1.54, 1.807) is 24.3 Å². The summed E-state index contributed by atoms with van der Waals surface area (Å²) in [7, 11) is 0. The van der Waals surface area contributed by atoms with Gasteiger partial charge in [-0.25, -0.2) is 0 Å². The van der Waals surface area contributed by atoms with Gasteiger partial charge in [0.1, 0.15) is 0 Å². The second-order valence-corrected chi connectivity index (χ2v) is 6.19. The number of aromatic nitrogens is 2. The Labute approximate surface area is 160 Å². The highest BCUT2D eigenvalue weighted by Crippen LogP contribution is 2.24. The molecule has 1 amide bonds. The standard InChI is InChI=1S/C19H15Cl2N3O2/c1-2-26-18-9-8-17(23-24-18)12-4-3-5-14(10-12)22-19(25)15-7-6-13(20)11-16(15)21/h3-11H,2H2,1H3,(H,22,25). The lowest BCUT2D eigenvalue weighted by Crippen LogP contribution is -2.12. The van der Waals surface area contributed by atoms with E-state index >= 15 is 0 Å². The summed E-state index contributed by atoms with van der Waals surface area (Å²) >= 11 is 11.9. The number of carbonyl (C=O) groups excluding carboxylic acids is 1. The summed E-state index contributed by atoms with van der Waals surface area (Å²) in [4.78, 5) is 12.4. The Bertz CT molecular complexity index is 930. The maximum atomic E-state index is 12.4. The average molecular weight is 388 g/mol. The lowest BCUT2D eigenvalue weighted by atomic mass is 10.1. The molecule has 0 saturated carbocycles. The number of anilines is 1. The van der Waals surface area contributed by atoms with E-state index in [1.165, 1.54) is 6.07 Å². The molecule has 132 valence electrons.